The molecule has 0 atom stereocenters. The van der Waals surface area contributed by atoms with E-state index in [0.29, 0.717) is 6.54 Å². The van der Waals surface area contributed by atoms with Crippen LogP contribution >= 0.6 is 0 Å². The van der Waals surface area contributed by atoms with Gasteiger partial charge in [-0.3, -0.25) is 19.8 Å². The molecule has 0 unspecified atom stereocenters. The van der Waals surface area contributed by atoms with Crippen molar-refractivity contribution in [3.05, 3.63) is 0 Å². The summed E-state index contributed by atoms with van der Waals surface area (Å²) in [6, 6.07) is 0. The van der Waals surface area contributed by atoms with Gasteiger partial charge in [0, 0.05) is 13.0 Å². The monoisotopic (exact) mass is 316 g/mol. The standard InChI is InChI=1S/C16H32N2O4/c1-12(21)15(4,5)18(7)9-8-13(22)14(2,3)17-16(6,10-19)11-20/h17,19-20H,8-11H2,1-7H3. The Labute approximate surface area is 133 Å². The molecular formula is C16H32N2O4. The Kier molecular flexibility index (Phi) is 7.35. The Morgan fingerprint density at radius 2 is 1.50 bits per heavy atom. The minimum Gasteiger partial charge on any atom is -0.394 e. The first-order chi connectivity index (χ1) is 9.82. The SMILES string of the molecule is CC(=O)C(C)(C)N(C)CCC(=O)C(C)(C)NC(C)(CO)CO. The highest BCUT2D eigenvalue weighted by molar-refractivity contribution is 5.88. The van der Waals surface area contributed by atoms with Crippen LogP contribution in [-0.2, 0) is 9.59 Å². The number of carbonyl (C=O) groups excluding carboxylic acids is 2. The van der Waals surface area contributed by atoms with E-state index in [0.717, 1.165) is 0 Å². The van der Waals surface area contributed by atoms with Gasteiger partial charge in [-0.15, -0.1) is 0 Å². The van der Waals surface area contributed by atoms with Gasteiger partial charge in [-0.05, 0) is 48.6 Å². The molecule has 6 nitrogen and oxygen atoms in total. The topological polar surface area (TPSA) is 89.9 Å². The third-order valence-corrected chi connectivity index (χ3v) is 4.50. The van der Waals surface area contributed by atoms with Crippen LogP contribution in [0.3, 0.4) is 0 Å². The molecule has 6 heteroatoms. The van der Waals surface area contributed by atoms with Crippen LogP contribution in [0.25, 0.3) is 0 Å². The van der Waals surface area contributed by atoms with Gasteiger partial charge in [0.1, 0.15) is 5.78 Å². The molecule has 0 heterocycles. The lowest BCUT2D eigenvalue weighted by molar-refractivity contribution is -0.129. The molecule has 0 radical (unpaired) electrons. The number of hydrogen-bond acceptors (Lipinski definition) is 6. The molecule has 0 fully saturated rings. The van der Waals surface area contributed by atoms with Crippen molar-refractivity contribution < 1.29 is 19.8 Å². The van der Waals surface area contributed by atoms with Crippen LogP contribution in [0.2, 0.25) is 0 Å². The molecule has 0 aromatic rings. The highest BCUT2D eigenvalue weighted by Gasteiger charge is 2.36. The van der Waals surface area contributed by atoms with Crippen molar-refractivity contribution in [2.75, 3.05) is 26.8 Å². The highest BCUT2D eigenvalue weighted by Crippen LogP contribution is 2.17. The summed E-state index contributed by atoms with van der Waals surface area (Å²) in [5.41, 5.74) is -2.40. The molecule has 0 amide bonds. The normalized spacial score (nSPS) is 13.5. The maximum atomic E-state index is 12.4. The second-order valence-electron chi connectivity index (χ2n) is 7.34. The van der Waals surface area contributed by atoms with Gasteiger partial charge in [-0.1, -0.05) is 0 Å². The van der Waals surface area contributed by atoms with Crippen LogP contribution in [0.15, 0.2) is 0 Å². The Hall–Kier alpha value is -0.820. The van der Waals surface area contributed by atoms with E-state index in [9.17, 15) is 19.8 Å². The number of aliphatic hydroxyl groups is 2. The summed E-state index contributed by atoms with van der Waals surface area (Å²) in [7, 11) is 1.82. The number of carbonyl (C=O) groups is 2. The van der Waals surface area contributed by atoms with Crippen LogP contribution in [0.5, 0.6) is 0 Å². The smallest absolute Gasteiger partial charge is 0.153 e. The maximum Gasteiger partial charge on any atom is 0.153 e. The van der Waals surface area contributed by atoms with Gasteiger partial charge in [-0.2, -0.15) is 0 Å². The fraction of sp³-hybridized carbons (Fsp3) is 0.875. The molecule has 0 aliphatic heterocycles. The van der Waals surface area contributed by atoms with Crippen molar-refractivity contribution in [3.63, 3.8) is 0 Å². The zero-order valence-corrected chi connectivity index (χ0v) is 15.0. The molecule has 0 saturated carbocycles. The molecule has 0 spiro atoms. The zero-order chi connectivity index (χ0) is 17.8. The minimum absolute atomic E-state index is 0.0353. The average molecular weight is 316 g/mol. The molecule has 0 aromatic heterocycles. The van der Waals surface area contributed by atoms with Crippen LogP contribution < -0.4 is 5.32 Å². The zero-order valence-electron chi connectivity index (χ0n) is 15.0. The Morgan fingerprint density at radius 1 is 1.05 bits per heavy atom. The third-order valence-electron chi connectivity index (χ3n) is 4.50. The average Bonchev–Trinajstić information content (AvgIpc) is 2.43. The molecule has 0 aliphatic carbocycles. The summed E-state index contributed by atoms with van der Waals surface area (Å²) in [5, 5.41) is 21.7. The number of nitrogens with zero attached hydrogens (tertiary/aromatic N) is 1. The molecule has 3 N–H and O–H groups in total. The van der Waals surface area contributed by atoms with E-state index >= 15 is 0 Å². The van der Waals surface area contributed by atoms with Crippen LogP contribution in [0.1, 0.15) is 48.0 Å². The number of Topliss-reactive ketones (excluding diaryl/α,β-unsaturated/α-hetero) is 2. The number of rotatable bonds is 10. The van der Waals surface area contributed by atoms with Crippen molar-refractivity contribution in [1.82, 2.24) is 10.2 Å². The van der Waals surface area contributed by atoms with Gasteiger partial charge < -0.3 is 10.2 Å². The molecule has 22 heavy (non-hydrogen) atoms. The third kappa shape index (κ3) is 5.43. The highest BCUT2D eigenvalue weighted by atomic mass is 16.3. The molecule has 130 valence electrons. The van der Waals surface area contributed by atoms with E-state index in [-0.39, 0.29) is 31.2 Å². The van der Waals surface area contributed by atoms with Gasteiger partial charge in [0.25, 0.3) is 0 Å². The van der Waals surface area contributed by atoms with Gasteiger partial charge in [-0.25, -0.2) is 0 Å². The van der Waals surface area contributed by atoms with Crippen molar-refractivity contribution >= 4 is 11.6 Å². The molecular weight excluding hydrogens is 284 g/mol. The number of likely N-dealkylation sites (N-methyl/N-ethyl adjacent to an activating group) is 1. The number of hydrogen-bond donors (Lipinski definition) is 3. The van der Waals surface area contributed by atoms with E-state index in [1.54, 1.807) is 20.8 Å². The lowest BCUT2D eigenvalue weighted by Crippen LogP contribution is -2.61. The second kappa shape index (κ2) is 7.64. The summed E-state index contributed by atoms with van der Waals surface area (Å²) in [4.78, 5) is 25.9. The largest absolute Gasteiger partial charge is 0.394 e. The van der Waals surface area contributed by atoms with Crippen molar-refractivity contribution in [2.45, 2.75) is 64.6 Å². The number of aliphatic hydroxyl groups excluding tert-OH is 2. The van der Waals surface area contributed by atoms with Crippen molar-refractivity contribution in [1.29, 1.82) is 0 Å². The Bertz CT molecular complexity index is 401. The molecule has 0 rings (SSSR count). The summed E-state index contributed by atoms with van der Waals surface area (Å²) in [6.07, 6.45) is 0.278. The van der Waals surface area contributed by atoms with E-state index < -0.39 is 16.6 Å². The van der Waals surface area contributed by atoms with E-state index in [1.807, 2.05) is 25.8 Å². The van der Waals surface area contributed by atoms with Gasteiger partial charge in [0.05, 0.1) is 29.8 Å². The second-order valence-corrected chi connectivity index (χ2v) is 7.34. The van der Waals surface area contributed by atoms with Gasteiger partial charge >= 0.3 is 0 Å². The predicted molar refractivity (Wildman–Crippen MR) is 86.8 cm³/mol. The first-order valence-electron chi connectivity index (χ1n) is 7.59. The van der Waals surface area contributed by atoms with Crippen LogP contribution in [-0.4, -0.2) is 70.1 Å². The molecule has 0 bridgehead atoms. The van der Waals surface area contributed by atoms with Crippen molar-refractivity contribution in [3.8, 4) is 0 Å². The molecule has 0 aromatic carbocycles. The van der Waals surface area contributed by atoms with E-state index in [2.05, 4.69) is 5.32 Å². The summed E-state index contributed by atoms with van der Waals surface area (Å²) >= 11 is 0. The van der Waals surface area contributed by atoms with Crippen molar-refractivity contribution in [2.24, 2.45) is 0 Å². The van der Waals surface area contributed by atoms with Gasteiger partial charge in [0.2, 0.25) is 0 Å². The van der Waals surface area contributed by atoms with E-state index in [1.165, 1.54) is 6.92 Å². The minimum atomic E-state index is -0.913. The Balaban J connectivity index is 4.75. The molecule has 0 aliphatic rings. The van der Waals surface area contributed by atoms with Crippen LogP contribution in [0.4, 0.5) is 0 Å². The molecule has 0 saturated heterocycles. The Morgan fingerprint density at radius 3 is 1.86 bits per heavy atom. The first kappa shape index (κ1) is 21.2. The summed E-state index contributed by atoms with van der Waals surface area (Å²) in [6.45, 7) is 10.3. The predicted octanol–water partition coefficient (Wildman–Crippen LogP) is 0.357. The van der Waals surface area contributed by atoms with E-state index in [4.69, 9.17) is 0 Å². The number of ketones is 2. The lowest BCUT2D eigenvalue weighted by atomic mass is 9.91. The summed E-state index contributed by atoms with van der Waals surface area (Å²) in [5.74, 6) is 0.0137. The lowest BCUT2D eigenvalue weighted by Gasteiger charge is -2.37. The first-order valence-corrected chi connectivity index (χ1v) is 7.59. The fourth-order valence-electron chi connectivity index (χ4n) is 2.08. The maximum absolute atomic E-state index is 12.4. The quantitative estimate of drug-likeness (QED) is 0.539. The fourth-order valence-corrected chi connectivity index (χ4v) is 2.08. The number of nitrogens with one attached hydrogen (secondary N) is 1. The summed E-state index contributed by atoms with van der Waals surface area (Å²) < 4.78 is 0. The van der Waals surface area contributed by atoms with Gasteiger partial charge in [0.15, 0.2) is 5.78 Å². The van der Waals surface area contributed by atoms with Crippen LogP contribution in [0, 0.1) is 0 Å².